The lowest BCUT2D eigenvalue weighted by Crippen LogP contribution is -2.32. The molecule has 2 heterocycles. The molecule has 2 aromatic heterocycles. The SMILES string of the molecule is Cc1cc[n+](-c2[nH]c(=O)sc2/C=N/NC(=S)Nc2ccccc2)cc1C. The molecule has 3 N–H and O–H groups in total. The summed E-state index contributed by atoms with van der Waals surface area (Å²) in [5.74, 6) is 0.676. The molecule has 8 heteroatoms. The highest BCUT2D eigenvalue weighted by molar-refractivity contribution is 7.80. The van der Waals surface area contributed by atoms with E-state index in [1.165, 1.54) is 5.56 Å². The van der Waals surface area contributed by atoms with Crippen molar-refractivity contribution in [1.82, 2.24) is 10.4 Å². The van der Waals surface area contributed by atoms with E-state index in [2.05, 4.69) is 20.8 Å². The third-order valence-electron chi connectivity index (χ3n) is 3.73. The molecule has 0 fully saturated rings. The Hall–Kier alpha value is -2.84. The Labute approximate surface area is 160 Å². The van der Waals surface area contributed by atoms with Crippen LogP contribution in [0.2, 0.25) is 0 Å². The summed E-state index contributed by atoms with van der Waals surface area (Å²) in [6.07, 6.45) is 5.46. The van der Waals surface area contributed by atoms with E-state index < -0.39 is 0 Å². The number of H-pyrrole nitrogens is 1. The van der Waals surface area contributed by atoms with Gasteiger partial charge in [-0.25, -0.2) is 9.36 Å². The van der Waals surface area contributed by atoms with E-state index in [0.717, 1.165) is 22.6 Å². The van der Waals surface area contributed by atoms with Gasteiger partial charge in [-0.15, -0.1) is 0 Å². The molecule has 26 heavy (non-hydrogen) atoms. The normalized spacial score (nSPS) is 10.8. The fourth-order valence-electron chi connectivity index (χ4n) is 2.26. The highest BCUT2D eigenvalue weighted by atomic mass is 32.1. The summed E-state index contributed by atoms with van der Waals surface area (Å²) in [7, 11) is 0. The van der Waals surface area contributed by atoms with Crippen LogP contribution in [0.15, 0.2) is 58.7 Å². The first-order valence-electron chi connectivity index (χ1n) is 7.90. The number of thiocarbonyl (C=S) groups is 1. The summed E-state index contributed by atoms with van der Waals surface area (Å²) >= 11 is 6.30. The van der Waals surface area contributed by atoms with Crippen molar-refractivity contribution in [3.8, 4) is 5.82 Å². The van der Waals surface area contributed by atoms with Crippen molar-refractivity contribution in [2.24, 2.45) is 5.10 Å². The molecule has 0 saturated heterocycles. The van der Waals surface area contributed by atoms with E-state index in [-0.39, 0.29) is 4.87 Å². The molecular weight excluding hydrogens is 366 g/mol. The van der Waals surface area contributed by atoms with Crippen LogP contribution in [-0.2, 0) is 0 Å². The number of aryl methyl sites for hydroxylation is 2. The van der Waals surface area contributed by atoms with Gasteiger partial charge in [0.05, 0.1) is 18.6 Å². The number of aromatic amines is 1. The maximum atomic E-state index is 11.8. The van der Waals surface area contributed by atoms with Crippen LogP contribution in [-0.4, -0.2) is 16.3 Å². The van der Waals surface area contributed by atoms with Crippen molar-refractivity contribution in [2.75, 3.05) is 5.32 Å². The Kier molecular flexibility index (Phi) is 5.55. The Morgan fingerprint density at radius 2 is 2.00 bits per heavy atom. The molecule has 0 bridgehead atoms. The summed E-state index contributed by atoms with van der Waals surface area (Å²) in [5, 5.41) is 7.54. The topological polar surface area (TPSA) is 73.2 Å². The van der Waals surface area contributed by atoms with E-state index in [9.17, 15) is 4.79 Å². The average molecular weight is 385 g/mol. The lowest BCUT2D eigenvalue weighted by Gasteiger charge is -2.05. The number of nitrogens with zero attached hydrogens (tertiary/aromatic N) is 2. The fourth-order valence-corrected chi connectivity index (χ4v) is 3.13. The van der Waals surface area contributed by atoms with Gasteiger partial charge in [0.15, 0.2) is 5.11 Å². The number of rotatable bonds is 4. The third kappa shape index (κ3) is 4.41. The van der Waals surface area contributed by atoms with Crippen LogP contribution in [0.3, 0.4) is 0 Å². The Balaban J connectivity index is 1.74. The van der Waals surface area contributed by atoms with Gasteiger partial charge in [-0.2, -0.15) is 10.1 Å². The second-order valence-corrected chi connectivity index (χ2v) is 7.06. The molecule has 0 amide bonds. The molecule has 3 rings (SSSR count). The van der Waals surface area contributed by atoms with E-state index in [0.29, 0.717) is 15.8 Å². The van der Waals surface area contributed by atoms with Crippen LogP contribution in [0.4, 0.5) is 5.69 Å². The van der Waals surface area contributed by atoms with Crippen LogP contribution in [0.1, 0.15) is 16.0 Å². The molecule has 0 radical (unpaired) electrons. The lowest BCUT2D eigenvalue weighted by molar-refractivity contribution is -0.599. The summed E-state index contributed by atoms with van der Waals surface area (Å²) in [6, 6.07) is 11.6. The van der Waals surface area contributed by atoms with Crippen molar-refractivity contribution < 1.29 is 4.57 Å². The van der Waals surface area contributed by atoms with Gasteiger partial charge < -0.3 is 5.32 Å². The molecule has 132 valence electrons. The maximum Gasteiger partial charge on any atom is 0.390 e. The Bertz CT molecular complexity index is 1010. The Morgan fingerprint density at radius 1 is 1.23 bits per heavy atom. The molecule has 0 atom stereocenters. The number of pyridine rings is 1. The lowest BCUT2D eigenvalue weighted by atomic mass is 10.2. The number of nitrogens with one attached hydrogen (secondary N) is 3. The van der Waals surface area contributed by atoms with Gasteiger partial charge in [-0.3, -0.25) is 5.43 Å². The molecule has 1 aromatic carbocycles. The van der Waals surface area contributed by atoms with E-state index in [1.54, 1.807) is 6.21 Å². The first kappa shape index (κ1) is 18.0. The number of aromatic nitrogens is 2. The fraction of sp³-hybridized carbons (Fsp3) is 0.111. The molecule has 3 aromatic rings. The molecule has 0 aliphatic heterocycles. The van der Waals surface area contributed by atoms with Crippen LogP contribution >= 0.6 is 23.6 Å². The number of anilines is 1. The first-order chi connectivity index (χ1) is 12.5. The summed E-state index contributed by atoms with van der Waals surface area (Å²) in [5.41, 5.74) is 5.95. The van der Waals surface area contributed by atoms with Gasteiger partial charge in [0.2, 0.25) is 0 Å². The second-order valence-electron chi connectivity index (χ2n) is 5.64. The largest absolute Gasteiger partial charge is 0.390 e. The molecule has 6 nitrogen and oxygen atoms in total. The zero-order valence-electron chi connectivity index (χ0n) is 14.3. The van der Waals surface area contributed by atoms with Gasteiger partial charge in [-0.05, 0) is 66.7 Å². The van der Waals surface area contributed by atoms with Gasteiger partial charge in [-0.1, -0.05) is 18.2 Å². The van der Waals surface area contributed by atoms with Gasteiger partial charge in [0.1, 0.15) is 4.88 Å². The molecule has 0 unspecified atom stereocenters. The monoisotopic (exact) mass is 384 g/mol. The number of hydrogen-bond acceptors (Lipinski definition) is 4. The summed E-state index contributed by atoms with van der Waals surface area (Å²) in [6.45, 7) is 4.07. The summed E-state index contributed by atoms with van der Waals surface area (Å²) < 4.78 is 1.88. The van der Waals surface area contributed by atoms with Gasteiger partial charge in [0, 0.05) is 5.69 Å². The predicted molar refractivity (Wildman–Crippen MR) is 109 cm³/mol. The number of para-hydroxylation sites is 1. The quantitative estimate of drug-likeness (QED) is 0.280. The average Bonchev–Trinajstić information content (AvgIpc) is 2.99. The van der Waals surface area contributed by atoms with Crippen molar-refractivity contribution >= 4 is 40.6 Å². The Morgan fingerprint density at radius 3 is 2.73 bits per heavy atom. The predicted octanol–water partition coefficient (Wildman–Crippen LogP) is 2.65. The van der Waals surface area contributed by atoms with Crippen molar-refractivity contribution in [3.05, 3.63) is 74.5 Å². The van der Waals surface area contributed by atoms with Crippen LogP contribution in [0.5, 0.6) is 0 Å². The molecule has 0 spiro atoms. The number of hydrazone groups is 1. The third-order valence-corrected chi connectivity index (χ3v) is 4.73. The standard InChI is InChI=1S/C18H17N5OS2/c1-12-8-9-23(11-13(12)2)16-15(26-18(24)21-16)10-19-22-17(25)20-14-6-4-3-5-7-14/h3-11H,1-2H3,(H2-,19,20,21,22,24,25)/p+1. The molecule has 0 aliphatic rings. The number of hydrogen-bond donors (Lipinski definition) is 3. The van der Waals surface area contributed by atoms with E-state index >= 15 is 0 Å². The van der Waals surface area contributed by atoms with Crippen molar-refractivity contribution in [3.63, 3.8) is 0 Å². The summed E-state index contributed by atoms with van der Waals surface area (Å²) in [4.78, 5) is 15.2. The van der Waals surface area contributed by atoms with Crippen LogP contribution < -0.4 is 20.2 Å². The minimum absolute atomic E-state index is 0.142. The minimum atomic E-state index is -0.142. The first-order valence-corrected chi connectivity index (χ1v) is 9.12. The van der Waals surface area contributed by atoms with Gasteiger partial charge in [0.25, 0.3) is 0 Å². The molecular formula is C18H18N5OS2+. The smallest absolute Gasteiger partial charge is 0.331 e. The van der Waals surface area contributed by atoms with Gasteiger partial charge >= 0.3 is 10.7 Å². The maximum absolute atomic E-state index is 11.8. The number of benzene rings is 1. The highest BCUT2D eigenvalue weighted by Gasteiger charge is 2.16. The highest BCUT2D eigenvalue weighted by Crippen LogP contribution is 2.09. The minimum Gasteiger partial charge on any atom is -0.331 e. The van der Waals surface area contributed by atoms with Crippen LogP contribution in [0, 0.1) is 13.8 Å². The van der Waals surface area contributed by atoms with Crippen molar-refractivity contribution in [1.29, 1.82) is 0 Å². The molecule has 0 aliphatic carbocycles. The second kappa shape index (κ2) is 8.03. The van der Waals surface area contributed by atoms with Crippen molar-refractivity contribution in [2.45, 2.75) is 13.8 Å². The molecule has 0 saturated carbocycles. The zero-order valence-corrected chi connectivity index (χ0v) is 15.9. The van der Waals surface area contributed by atoms with Crippen LogP contribution in [0.25, 0.3) is 5.82 Å². The van der Waals surface area contributed by atoms with E-state index in [1.807, 2.05) is 67.2 Å². The van der Waals surface area contributed by atoms with E-state index in [4.69, 9.17) is 12.2 Å². The zero-order chi connectivity index (χ0) is 18.5. The number of thiazole rings is 1.